The van der Waals surface area contributed by atoms with E-state index in [9.17, 15) is 9.59 Å². The summed E-state index contributed by atoms with van der Waals surface area (Å²) in [6, 6.07) is 8.06. The molecule has 0 bridgehead atoms. The molecule has 1 heterocycles. The van der Waals surface area contributed by atoms with Gasteiger partial charge in [0.2, 0.25) is 5.91 Å². The number of carbonyl (C=O) groups is 2. The minimum atomic E-state index is -0.448. The smallest absolute Gasteiger partial charge is 0.251 e. The van der Waals surface area contributed by atoms with Crippen molar-refractivity contribution in [2.24, 2.45) is 5.73 Å². The first-order chi connectivity index (χ1) is 11.5. The van der Waals surface area contributed by atoms with Crippen LogP contribution >= 0.6 is 23.1 Å². The third-order valence-electron chi connectivity index (χ3n) is 4.06. The maximum atomic E-state index is 12.3. The number of primary amides is 1. The molecular weight excluding hydrogens is 340 g/mol. The Labute approximate surface area is 149 Å². The largest absolute Gasteiger partial charge is 0.365 e. The van der Waals surface area contributed by atoms with Gasteiger partial charge in [0.1, 0.15) is 5.00 Å². The molecule has 0 atom stereocenters. The number of fused-ring (bicyclic) bond motifs is 1. The van der Waals surface area contributed by atoms with E-state index in [0.717, 1.165) is 36.1 Å². The summed E-state index contributed by atoms with van der Waals surface area (Å²) in [4.78, 5) is 26.3. The quantitative estimate of drug-likeness (QED) is 0.797. The molecule has 3 N–H and O–H groups in total. The zero-order valence-corrected chi connectivity index (χ0v) is 15.2. The number of nitrogens with one attached hydrogen (secondary N) is 1. The molecule has 1 aromatic heterocycles. The van der Waals surface area contributed by atoms with Gasteiger partial charge in [0.15, 0.2) is 0 Å². The molecular formula is C18H20N2O2S2. The Morgan fingerprint density at radius 1 is 1.21 bits per heavy atom. The monoisotopic (exact) mass is 360 g/mol. The van der Waals surface area contributed by atoms with E-state index in [1.165, 1.54) is 33.5 Å². The van der Waals surface area contributed by atoms with Crippen molar-refractivity contribution in [3.63, 3.8) is 0 Å². The minimum Gasteiger partial charge on any atom is -0.365 e. The Kier molecular flexibility index (Phi) is 5.26. The van der Waals surface area contributed by atoms with Crippen molar-refractivity contribution in [1.82, 2.24) is 0 Å². The average molecular weight is 361 g/mol. The van der Waals surface area contributed by atoms with Crippen molar-refractivity contribution in [1.29, 1.82) is 0 Å². The maximum Gasteiger partial charge on any atom is 0.251 e. The van der Waals surface area contributed by atoms with Gasteiger partial charge >= 0.3 is 0 Å². The zero-order chi connectivity index (χ0) is 17.1. The van der Waals surface area contributed by atoms with E-state index < -0.39 is 5.91 Å². The first-order valence-electron chi connectivity index (χ1n) is 7.98. The molecule has 126 valence electrons. The first-order valence-corrected chi connectivity index (χ1v) is 9.78. The molecule has 1 aliphatic carbocycles. The van der Waals surface area contributed by atoms with Crippen molar-refractivity contribution >= 4 is 39.9 Å². The van der Waals surface area contributed by atoms with Crippen LogP contribution in [0.4, 0.5) is 5.00 Å². The third-order valence-corrected chi connectivity index (χ3v) is 6.28. The van der Waals surface area contributed by atoms with Gasteiger partial charge in [0.25, 0.3) is 5.91 Å². The predicted molar refractivity (Wildman–Crippen MR) is 100 cm³/mol. The lowest BCUT2D eigenvalue weighted by Gasteiger charge is -2.11. The number of thioether (sulfide) groups is 1. The summed E-state index contributed by atoms with van der Waals surface area (Å²) < 4.78 is 0. The Balaban J connectivity index is 1.69. The van der Waals surface area contributed by atoms with Crippen LogP contribution in [-0.4, -0.2) is 17.6 Å². The fraction of sp³-hybridized carbons (Fsp3) is 0.333. The van der Waals surface area contributed by atoms with E-state index in [-0.39, 0.29) is 5.91 Å². The average Bonchev–Trinajstić information content (AvgIpc) is 2.92. The van der Waals surface area contributed by atoms with E-state index in [2.05, 4.69) is 5.32 Å². The van der Waals surface area contributed by atoms with E-state index in [4.69, 9.17) is 5.73 Å². The summed E-state index contributed by atoms with van der Waals surface area (Å²) in [6.07, 6.45) is 4.04. The molecule has 3 rings (SSSR count). The zero-order valence-electron chi connectivity index (χ0n) is 13.6. The molecule has 1 aliphatic rings. The van der Waals surface area contributed by atoms with Gasteiger partial charge in [-0.3, -0.25) is 9.59 Å². The second-order valence-corrected chi connectivity index (χ2v) is 8.08. The number of aryl methyl sites for hydroxylation is 2. The van der Waals surface area contributed by atoms with Crippen molar-refractivity contribution in [3.05, 3.63) is 45.8 Å². The highest BCUT2D eigenvalue weighted by molar-refractivity contribution is 8.00. The predicted octanol–water partition coefficient (Wildman–Crippen LogP) is 3.77. The summed E-state index contributed by atoms with van der Waals surface area (Å²) in [5, 5.41) is 3.50. The van der Waals surface area contributed by atoms with E-state index >= 15 is 0 Å². The van der Waals surface area contributed by atoms with Crippen LogP contribution in [-0.2, 0) is 17.6 Å². The van der Waals surface area contributed by atoms with Crippen LogP contribution < -0.4 is 11.1 Å². The van der Waals surface area contributed by atoms with Crippen molar-refractivity contribution in [2.75, 3.05) is 11.1 Å². The normalized spacial score (nSPS) is 13.4. The van der Waals surface area contributed by atoms with Crippen molar-refractivity contribution in [2.45, 2.75) is 37.5 Å². The summed E-state index contributed by atoms with van der Waals surface area (Å²) in [6.45, 7) is 2.03. The molecule has 24 heavy (non-hydrogen) atoms. The van der Waals surface area contributed by atoms with Crippen LogP contribution in [0.15, 0.2) is 29.2 Å². The van der Waals surface area contributed by atoms with Gasteiger partial charge in [-0.05, 0) is 50.3 Å². The van der Waals surface area contributed by atoms with Gasteiger partial charge in [0.05, 0.1) is 11.3 Å². The van der Waals surface area contributed by atoms with Gasteiger partial charge in [-0.15, -0.1) is 23.1 Å². The molecule has 0 saturated carbocycles. The van der Waals surface area contributed by atoms with Crippen LogP contribution in [0.2, 0.25) is 0 Å². The number of benzene rings is 1. The number of thiophene rings is 1. The highest BCUT2D eigenvalue weighted by Gasteiger charge is 2.24. The molecule has 2 amide bonds. The number of carbonyl (C=O) groups excluding carboxylic acids is 2. The third kappa shape index (κ3) is 3.82. The van der Waals surface area contributed by atoms with E-state index in [0.29, 0.717) is 16.3 Å². The highest BCUT2D eigenvalue weighted by atomic mass is 32.2. The van der Waals surface area contributed by atoms with Crippen LogP contribution in [0.1, 0.15) is 39.2 Å². The SMILES string of the molecule is Cc1ccc(SCC(=O)Nc2sc3c(c2C(N)=O)CCCC3)cc1. The Hall–Kier alpha value is -1.79. The number of anilines is 1. The molecule has 0 aliphatic heterocycles. The lowest BCUT2D eigenvalue weighted by Crippen LogP contribution is -2.19. The molecule has 0 spiro atoms. The number of hydrogen-bond donors (Lipinski definition) is 2. The topological polar surface area (TPSA) is 72.2 Å². The van der Waals surface area contributed by atoms with Gasteiger partial charge < -0.3 is 11.1 Å². The number of hydrogen-bond acceptors (Lipinski definition) is 4. The number of rotatable bonds is 5. The van der Waals surface area contributed by atoms with E-state index in [1.54, 1.807) is 0 Å². The Morgan fingerprint density at radius 3 is 2.62 bits per heavy atom. The summed E-state index contributed by atoms with van der Waals surface area (Å²) in [5.74, 6) is -0.248. The fourth-order valence-electron chi connectivity index (χ4n) is 2.86. The standard InChI is InChI=1S/C18H20N2O2S2/c1-11-6-8-12(9-7-11)23-10-15(21)20-18-16(17(19)22)13-4-2-3-5-14(13)24-18/h6-9H,2-5,10H2,1H3,(H2,19,22)(H,20,21). The molecule has 0 saturated heterocycles. The molecule has 6 heteroatoms. The minimum absolute atomic E-state index is 0.110. The van der Waals surface area contributed by atoms with Gasteiger partial charge in [-0.1, -0.05) is 17.7 Å². The highest BCUT2D eigenvalue weighted by Crippen LogP contribution is 2.38. The molecule has 0 unspecified atom stereocenters. The van der Waals surface area contributed by atoms with Crippen LogP contribution in [0, 0.1) is 6.92 Å². The molecule has 4 nitrogen and oxygen atoms in total. The summed E-state index contributed by atoms with van der Waals surface area (Å²) in [5.41, 5.74) is 8.30. The van der Waals surface area contributed by atoms with E-state index in [1.807, 2.05) is 31.2 Å². The van der Waals surface area contributed by atoms with Crippen molar-refractivity contribution < 1.29 is 9.59 Å². The van der Waals surface area contributed by atoms with Gasteiger partial charge in [-0.2, -0.15) is 0 Å². The fourth-order valence-corrected chi connectivity index (χ4v) is 4.87. The van der Waals surface area contributed by atoms with Crippen LogP contribution in [0.3, 0.4) is 0 Å². The lowest BCUT2D eigenvalue weighted by molar-refractivity contribution is -0.113. The second-order valence-electron chi connectivity index (χ2n) is 5.93. The van der Waals surface area contributed by atoms with Crippen LogP contribution in [0.25, 0.3) is 0 Å². The number of amides is 2. The van der Waals surface area contributed by atoms with Gasteiger partial charge in [0, 0.05) is 9.77 Å². The molecule has 2 aromatic rings. The first kappa shape index (κ1) is 17.0. The summed E-state index contributed by atoms with van der Waals surface area (Å²) in [7, 11) is 0. The molecule has 1 aromatic carbocycles. The lowest BCUT2D eigenvalue weighted by atomic mass is 9.95. The number of nitrogens with two attached hydrogens (primary N) is 1. The van der Waals surface area contributed by atoms with Crippen molar-refractivity contribution in [3.8, 4) is 0 Å². The summed E-state index contributed by atoms with van der Waals surface area (Å²) >= 11 is 2.98. The second kappa shape index (κ2) is 7.40. The maximum absolute atomic E-state index is 12.3. The van der Waals surface area contributed by atoms with Crippen LogP contribution in [0.5, 0.6) is 0 Å². The Bertz CT molecular complexity index is 766. The Morgan fingerprint density at radius 2 is 1.92 bits per heavy atom. The molecule has 0 radical (unpaired) electrons. The molecule has 0 fully saturated rings. The van der Waals surface area contributed by atoms with Gasteiger partial charge in [-0.25, -0.2) is 0 Å².